The second kappa shape index (κ2) is 14.4. The van der Waals surface area contributed by atoms with Crippen molar-refractivity contribution in [3.8, 4) is 0 Å². The van der Waals surface area contributed by atoms with Crippen molar-refractivity contribution < 1.29 is 8.42 Å². The zero-order chi connectivity index (χ0) is 27.2. The molecule has 8 heteroatoms. The third-order valence-corrected chi connectivity index (χ3v) is 11.4. The molecule has 3 aliphatic rings. The number of rotatable bonds is 10. The van der Waals surface area contributed by atoms with E-state index in [9.17, 15) is 8.42 Å². The molecule has 5 nitrogen and oxygen atoms in total. The summed E-state index contributed by atoms with van der Waals surface area (Å²) in [5.41, 5.74) is 1.36. The van der Waals surface area contributed by atoms with Crippen molar-refractivity contribution in [1.82, 2.24) is 15.1 Å². The van der Waals surface area contributed by atoms with E-state index in [4.69, 9.17) is 10.7 Å². The third kappa shape index (κ3) is 8.62. The van der Waals surface area contributed by atoms with E-state index < -0.39 is 9.05 Å². The van der Waals surface area contributed by atoms with Gasteiger partial charge in [-0.15, -0.1) is 0 Å². The van der Waals surface area contributed by atoms with E-state index in [-0.39, 0.29) is 5.75 Å². The van der Waals surface area contributed by atoms with Crippen molar-refractivity contribution in [2.24, 2.45) is 23.7 Å². The Labute approximate surface area is 234 Å². The normalized spacial score (nSPS) is 33.2. The quantitative estimate of drug-likeness (QED) is 0.237. The number of hydrogen-bond donors (Lipinski definition) is 1. The molecule has 0 aromatic heterocycles. The maximum atomic E-state index is 11.7. The molecule has 0 aromatic carbocycles. The molecule has 0 amide bonds. The molecule has 6 unspecified atom stereocenters. The van der Waals surface area contributed by atoms with Gasteiger partial charge in [0.15, 0.2) is 6.71 Å². The standard InChI is InChI=1S/C29H55BClN3O2S/c1-7-26-21-30(20-25-15-12-10-9-11-13-16-25)29(32-28-24(5)22(3)19-23(4)33(28)6)34(8-2)27(26)17-14-18-37(31,35)36/h19,22,24-29,32H,7-18,20-21H2,1-6H3. The Morgan fingerprint density at radius 3 is 2.35 bits per heavy atom. The van der Waals surface area contributed by atoms with Gasteiger partial charge in [-0.2, -0.15) is 0 Å². The smallest absolute Gasteiger partial charge is 0.232 e. The Bertz CT molecular complexity index is 833. The van der Waals surface area contributed by atoms with E-state index in [1.165, 1.54) is 63.3 Å². The molecular formula is C29H55BClN3O2S. The van der Waals surface area contributed by atoms with Crippen LogP contribution in [0.3, 0.4) is 0 Å². The summed E-state index contributed by atoms with van der Waals surface area (Å²) in [5.74, 6) is 2.59. The summed E-state index contributed by atoms with van der Waals surface area (Å²) < 4.78 is 23.4. The Hall–Kier alpha value is -0.235. The summed E-state index contributed by atoms with van der Waals surface area (Å²) in [6, 6.07) is 0.724. The van der Waals surface area contributed by atoms with Gasteiger partial charge in [-0.1, -0.05) is 97.8 Å². The van der Waals surface area contributed by atoms with Gasteiger partial charge in [0.1, 0.15) is 0 Å². The molecule has 1 N–H and O–H groups in total. The van der Waals surface area contributed by atoms with Gasteiger partial charge in [0.25, 0.3) is 0 Å². The summed E-state index contributed by atoms with van der Waals surface area (Å²) in [7, 11) is 4.40. The molecule has 2 fully saturated rings. The molecule has 1 aliphatic carbocycles. The molecule has 1 saturated heterocycles. The number of nitrogens with zero attached hydrogens (tertiary/aromatic N) is 2. The zero-order valence-electron chi connectivity index (χ0n) is 24.6. The van der Waals surface area contributed by atoms with Crippen molar-refractivity contribution in [1.29, 1.82) is 0 Å². The van der Waals surface area contributed by atoms with E-state index in [0.717, 1.165) is 25.3 Å². The summed E-state index contributed by atoms with van der Waals surface area (Å²) >= 11 is 0. The van der Waals surface area contributed by atoms with Crippen LogP contribution in [0.5, 0.6) is 0 Å². The molecule has 37 heavy (non-hydrogen) atoms. The van der Waals surface area contributed by atoms with Crippen molar-refractivity contribution >= 4 is 26.4 Å². The lowest BCUT2D eigenvalue weighted by atomic mass is 9.35. The Morgan fingerprint density at radius 2 is 1.76 bits per heavy atom. The van der Waals surface area contributed by atoms with Gasteiger partial charge in [0.2, 0.25) is 9.05 Å². The van der Waals surface area contributed by atoms with E-state index in [2.05, 4.69) is 62.9 Å². The Kier molecular flexibility index (Phi) is 12.2. The highest BCUT2D eigenvalue weighted by Crippen LogP contribution is 2.38. The highest BCUT2D eigenvalue weighted by molar-refractivity contribution is 8.13. The molecule has 6 atom stereocenters. The highest BCUT2D eigenvalue weighted by Gasteiger charge is 2.45. The van der Waals surface area contributed by atoms with Crippen molar-refractivity contribution in [3.05, 3.63) is 11.8 Å². The second-order valence-corrected chi connectivity index (χ2v) is 15.5. The van der Waals surface area contributed by atoms with E-state index in [0.29, 0.717) is 49.2 Å². The molecular weight excluding hydrogens is 501 g/mol. The van der Waals surface area contributed by atoms with Crippen LogP contribution in [0.15, 0.2) is 11.8 Å². The SMILES string of the molecule is CCC1CB(CC2CCCCCCC2)C(NC2C(C)C(C)C=C(C)N2C)N(CC)C1CCCS(=O)(=O)Cl. The minimum Gasteiger partial charge on any atom is -0.363 e. The maximum absolute atomic E-state index is 11.7. The first kappa shape index (κ1) is 31.3. The minimum absolute atomic E-state index is 0.0759. The molecule has 0 radical (unpaired) electrons. The Morgan fingerprint density at radius 1 is 1.11 bits per heavy atom. The lowest BCUT2D eigenvalue weighted by molar-refractivity contribution is 0.0497. The number of hydrogen-bond acceptors (Lipinski definition) is 5. The van der Waals surface area contributed by atoms with Crippen LogP contribution in [0.2, 0.25) is 12.6 Å². The van der Waals surface area contributed by atoms with Gasteiger partial charge in [-0.25, -0.2) is 8.42 Å². The molecule has 0 aromatic rings. The van der Waals surface area contributed by atoms with Crippen molar-refractivity contribution in [3.63, 3.8) is 0 Å². The van der Waals surface area contributed by atoms with Crippen molar-refractivity contribution in [2.45, 2.75) is 130 Å². The van der Waals surface area contributed by atoms with Crippen molar-refractivity contribution in [2.75, 3.05) is 19.3 Å². The minimum atomic E-state index is -3.45. The summed E-state index contributed by atoms with van der Waals surface area (Å²) in [5, 5.41) is 4.23. The van der Waals surface area contributed by atoms with Gasteiger partial charge in [-0.3, -0.25) is 10.2 Å². The first-order valence-electron chi connectivity index (χ1n) is 15.4. The fourth-order valence-corrected chi connectivity index (χ4v) is 8.61. The van der Waals surface area contributed by atoms with Gasteiger partial charge >= 0.3 is 0 Å². The molecule has 3 rings (SSSR count). The average molecular weight is 556 g/mol. The van der Waals surface area contributed by atoms with Crippen LogP contribution < -0.4 is 5.32 Å². The van der Waals surface area contributed by atoms with E-state index >= 15 is 0 Å². The molecule has 2 aliphatic heterocycles. The summed E-state index contributed by atoms with van der Waals surface area (Å²) in [6.07, 6.45) is 17.8. The van der Waals surface area contributed by atoms with Gasteiger partial charge in [0.05, 0.1) is 11.9 Å². The molecule has 0 bridgehead atoms. The van der Waals surface area contributed by atoms with Crippen LogP contribution in [0, 0.1) is 23.7 Å². The van der Waals surface area contributed by atoms with Crippen LogP contribution in [0.4, 0.5) is 0 Å². The molecule has 0 spiro atoms. The maximum Gasteiger partial charge on any atom is 0.232 e. The van der Waals surface area contributed by atoms with Crippen LogP contribution in [-0.4, -0.2) is 62.5 Å². The molecule has 2 heterocycles. The van der Waals surface area contributed by atoms with Crippen LogP contribution >= 0.6 is 10.7 Å². The molecule has 214 valence electrons. The summed E-state index contributed by atoms with van der Waals surface area (Å²) in [6.45, 7) is 13.2. The van der Waals surface area contributed by atoms with Crippen LogP contribution in [0.1, 0.15) is 98.8 Å². The second-order valence-electron chi connectivity index (χ2n) is 12.6. The van der Waals surface area contributed by atoms with Crippen LogP contribution in [-0.2, 0) is 9.05 Å². The third-order valence-electron chi connectivity index (χ3n) is 10.2. The monoisotopic (exact) mass is 555 g/mol. The average Bonchev–Trinajstić information content (AvgIpc) is 2.82. The lowest BCUT2D eigenvalue weighted by Crippen LogP contribution is -2.68. The predicted molar refractivity (Wildman–Crippen MR) is 161 cm³/mol. The topological polar surface area (TPSA) is 52.6 Å². The first-order valence-corrected chi connectivity index (χ1v) is 17.9. The van der Waals surface area contributed by atoms with Gasteiger partial charge in [0, 0.05) is 35.5 Å². The number of allylic oxidation sites excluding steroid dienone is 2. The fraction of sp³-hybridized carbons (Fsp3) is 0.931. The van der Waals surface area contributed by atoms with E-state index in [1.807, 2.05) is 0 Å². The largest absolute Gasteiger partial charge is 0.363 e. The zero-order valence-corrected chi connectivity index (χ0v) is 26.2. The number of halogens is 1. The molecule has 1 saturated carbocycles. The van der Waals surface area contributed by atoms with Gasteiger partial charge in [-0.05, 0) is 50.0 Å². The Balaban J connectivity index is 1.87. The fourth-order valence-electron chi connectivity index (χ4n) is 7.77. The summed E-state index contributed by atoms with van der Waals surface area (Å²) in [4.78, 5) is 5.18. The number of nitrogens with one attached hydrogen (secondary N) is 1. The highest BCUT2D eigenvalue weighted by atomic mass is 35.7. The van der Waals surface area contributed by atoms with Gasteiger partial charge < -0.3 is 4.90 Å². The van der Waals surface area contributed by atoms with Crippen LogP contribution in [0.25, 0.3) is 0 Å². The van der Waals surface area contributed by atoms with E-state index in [1.54, 1.807) is 0 Å². The predicted octanol–water partition coefficient (Wildman–Crippen LogP) is 6.82. The first-order chi connectivity index (χ1) is 17.6. The lowest BCUT2D eigenvalue weighted by Gasteiger charge is -2.53.